The third-order valence-electron chi connectivity index (χ3n) is 1.12. The van der Waals surface area contributed by atoms with Gasteiger partial charge in [0, 0.05) is 0 Å². The third-order valence-corrected chi connectivity index (χ3v) is 1.76. The van der Waals surface area contributed by atoms with Crippen molar-refractivity contribution in [1.29, 1.82) is 5.26 Å². The Kier molecular flexibility index (Phi) is 2.44. The average molecular weight is 215 g/mol. The molecule has 0 unspecified atom stereocenters. The van der Waals surface area contributed by atoms with Gasteiger partial charge in [0.15, 0.2) is 6.19 Å². The van der Waals surface area contributed by atoms with Crippen LogP contribution in [-0.4, -0.2) is 0 Å². The van der Waals surface area contributed by atoms with Gasteiger partial charge in [-0.3, -0.25) is 5.32 Å². The van der Waals surface area contributed by atoms with Gasteiger partial charge in [-0.05, 0) is 34.1 Å². The first-order valence-corrected chi connectivity index (χ1v) is 3.63. The summed E-state index contributed by atoms with van der Waals surface area (Å²) in [5, 5.41) is 10.5. The number of halogens is 2. The lowest BCUT2D eigenvalue weighted by Crippen LogP contribution is -1.87. The molecular weight excluding hydrogens is 211 g/mol. The second kappa shape index (κ2) is 3.35. The molecule has 1 aromatic rings. The second-order valence-corrected chi connectivity index (χ2v) is 2.72. The van der Waals surface area contributed by atoms with E-state index in [-0.39, 0.29) is 5.82 Å². The van der Waals surface area contributed by atoms with Crippen LogP contribution >= 0.6 is 15.9 Å². The summed E-state index contributed by atoms with van der Waals surface area (Å²) in [5.74, 6) is -0.384. The normalized spacial score (nSPS) is 8.82. The minimum atomic E-state index is -0.384. The van der Waals surface area contributed by atoms with E-state index in [2.05, 4.69) is 21.2 Å². The number of nitriles is 1. The van der Waals surface area contributed by atoms with Crippen molar-refractivity contribution >= 4 is 21.6 Å². The summed E-state index contributed by atoms with van der Waals surface area (Å²) in [6.45, 7) is 0. The van der Waals surface area contributed by atoms with E-state index in [9.17, 15) is 4.39 Å². The van der Waals surface area contributed by atoms with Gasteiger partial charge in [-0.1, -0.05) is 0 Å². The molecule has 0 saturated carbocycles. The first-order chi connectivity index (χ1) is 5.24. The van der Waals surface area contributed by atoms with Crippen LogP contribution in [0.25, 0.3) is 0 Å². The monoisotopic (exact) mass is 214 g/mol. The molecule has 56 valence electrons. The van der Waals surface area contributed by atoms with E-state index in [1.807, 2.05) is 0 Å². The summed E-state index contributed by atoms with van der Waals surface area (Å²) in [4.78, 5) is 0. The zero-order valence-corrected chi connectivity index (χ0v) is 7.02. The molecule has 0 atom stereocenters. The van der Waals surface area contributed by atoms with Gasteiger partial charge in [0.1, 0.15) is 5.82 Å². The molecule has 0 aromatic heterocycles. The molecule has 0 aliphatic rings. The van der Waals surface area contributed by atoms with E-state index in [0.29, 0.717) is 10.2 Å². The number of benzene rings is 1. The number of nitrogens with zero attached hydrogens (tertiary/aromatic N) is 1. The largest absolute Gasteiger partial charge is 0.293 e. The van der Waals surface area contributed by atoms with Crippen molar-refractivity contribution in [3.05, 3.63) is 28.5 Å². The topological polar surface area (TPSA) is 35.8 Å². The Bertz CT molecular complexity index is 306. The van der Waals surface area contributed by atoms with Gasteiger partial charge in [0.2, 0.25) is 0 Å². The first-order valence-electron chi connectivity index (χ1n) is 2.84. The molecule has 1 N–H and O–H groups in total. The molecule has 0 amide bonds. The zero-order chi connectivity index (χ0) is 8.27. The highest BCUT2D eigenvalue weighted by atomic mass is 79.9. The summed E-state index contributed by atoms with van der Waals surface area (Å²) >= 11 is 2.99. The fourth-order valence-corrected chi connectivity index (χ4v) is 0.885. The highest BCUT2D eigenvalue weighted by Crippen LogP contribution is 2.18. The van der Waals surface area contributed by atoms with Gasteiger partial charge >= 0.3 is 0 Å². The van der Waals surface area contributed by atoms with Crippen molar-refractivity contribution in [3.8, 4) is 6.19 Å². The fourth-order valence-electron chi connectivity index (χ4n) is 0.638. The Labute approximate surface area is 71.8 Å². The first kappa shape index (κ1) is 8.02. The molecule has 0 fully saturated rings. The van der Waals surface area contributed by atoms with Crippen molar-refractivity contribution in [1.82, 2.24) is 0 Å². The van der Waals surface area contributed by atoms with Gasteiger partial charge < -0.3 is 0 Å². The summed E-state index contributed by atoms with van der Waals surface area (Å²) in [6.07, 6.45) is 1.70. The van der Waals surface area contributed by atoms with Crippen molar-refractivity contribution in [3.63, 3.8) is 0 Å². The molecule has 0 radical (unpaired) electrons. The predicted molar refractivity (Wildman–Crippen MR) is 43.3 cm³/mol. The molecule has 11 heavy (non-hydrogen) atoms. The highest BCUT2D eigenvalue weighted by Gasteiger charge is 1.98. The Morgan fingerprint density at radius 1 is 1.55 bits per heavy atom. The van der Waals surface area contributed by atoms with Crippen molar-refractivity contribution in [2.24, 2.45) is 0 Å². The van der Waals surface area contributed by atoms with Crippen LogP contribution in [-0.2, 0) is 0 Å². The number of anilines is 1. The van der Waals surface area contributed by atoms with Crippen LogP contribution in [0.2, 0.25) is 0 Å². The van der Waals surface area contributed by atoms with E-state index in [4.69, 9.17) is 5.26 Å². The smallest absolute Gasteiger partial charge is 0.181 e. The maximum atomic E-state index is 12.7. The minimum Gasteiger partial charge on any atom is -0.293 e. The number of rotatable bonds is 1. The Morgan fingerprint density at radius 2 is 2.27 bits per heavy atom. The molecule has 0 aliphatic carbocycles. The highest BCUT2D eigenvalue weighted by molar-refractivity contribution is 9.10. The van der Waals surface area contributed by atoms with Crippen LogP contribution in [0.1, 0.15) is 0 Å². The van der Waals surface area contributed by atoms with Crippen molar-refractivity contribution in [2.75, 3.05) is 5.32 Å². The summed E-state index contributed by atoms with van der Waals surface area (Å²) in [6, 6.07) is 4.39. The maximum absolute atomic E-state index is 12.7. The van der Waals surface area contributed by atoms with Gasteiger partial charge in [-0.25, -0.2) is 4.39 Å². The lowest BCUT2D eigenvalue weighted by Gasteiger charge is -1.97. The standard InChI is InChI=1S/C7H4BrFN2/c8-6-2-1-5(11-4-10)3-7(6)9/h1-3,11H. The van der Waals surface area contributed by atoms with Crippen molar-refractivity contribution < 1.29 is 4.39 Å². The molecule has 4 heteroatoms. The van der Waals surface area contributed by atoms with Crippen LogP contribution in [0.4, 0.5) is 10.1 Å². The van der Waals surface area contributed by atoms with Gasteiger partial charge in [-0.2, -0.15) is 5.26 Å². The Morgan fingerprint density at radius 3 is 2.82 bits per heavy atom. The summed E-state index contributed by atoms with van der Waals surface area (Å²) < 4.78 is 13.1. The van der Waals surface area contributed by atoms with E-state index in [0.717, 1.165) is 0 Å². The van der Waals surface area contributed by atoms with Crippen LogP contribution in [0, 0.1) is 17.3 Å². The van der Waals surface area contributed by atoms with E-state index >= 15 is 0 Å². The Balaban J connectivity index is 2.98. The molecule has 0 aliphatic heterocycles. The van der Waals surface area contributed by atoms with Crippen LogP contribution in [0.5, 0.6) is 0 Å². The number of nitrogens with one attached hydrogen (secondary N) is 1. The second-order valence-electron chi connectivity index (χ2n) is 1.87. The van der Waals surface area contributed by atoms with Crippen LogP contribution in [0.3, 0.4) is 0 Å². The quantitative estimate of drug-likeness (QED) is 0.576. The van der Waals surface area contributed by atoms with Crippen molar-refractivity contribution in [2.45, 2.75) is 0 Å². The van der Waals surface area contributed by atoms with E-state index in [1.54, 1.807) is 12.3 Å². The average Bonchev–Trinajstić information content (AvgIpc) is 1.98. The Hall–Kier alpha value is -1.08. The summed E-state index contributed by atoms with van der Waals surface area (Å²) in [5.41, 5.74) is 0.452. The van der Waals surface area contributed by atoms with Crippen LogP contribution < -0.4 is 5.32 Å². The summed E-state index contributed by atoms with van der Waals surface area (Å²) in [7, 11) is 0. The number of hydrogen-bond acceptors (Lipinski definition) is 2. The minimum absolute atomic E-state index is 0.384. The van der Waals surface area contributed by atoms with E-state index in [1.165, 1.54) is 12.1 Å². The van der Waals surface area contributed by atoms with Crippen LogP contribution in [0.15, 0.2) is 22.7 Å². The molecule has 2 nitrogen and oxygen atoms in total. The van der Waals surface area contributed by atoms with E-state index < -0.39 is 0 Å². The third kappa shape index (κ3) is 1.92. The van der Waals surface area contributed by atoms with Gasteiger partial charge in [0.05, 0.1) is 10.2 Å². The molecule has 0 heterocycles. The zero-order valence-electron chi connectivity index (χ0n) is 5.44. The lowest BCUT2D eigenvalue weighted by molar-refractivity contribution is 0.622. The molecule has 1 rings (SSSR count). The number of hydrogen-bond donors (Lipinski definition) is 1. The maximum Gasteiger partial charge on any atom is 0.181 e. The predicted octanol–water partition coefficient (Wildman–Crippen LogP) is 2.48. The molecule has 0 saturated heterocycles. The van der Waals surface area contributed by atoms with Gasteiger partial charge in [-0.15, -0.1) is 0 Å². The SMILES string of the molecule is N#CNc1ccc(Br)c(F)c1. The van der Waals surface area contributed by atoms with Gasteiger partial charge in [0.25, 0.3) is 0 Å². The lowest BCUT2D eigenvalue weighted by atomic mass is 10.3. The molecule has 0 spiro atoms. The fraction of sp³-hybridized carbons (Fsp3) is 0. The molecular formula is C7H4BrFN2. The molecule has 1 aromatic carbocycles. The molecule has 0 bridgehead atoms.